The maximum Gasteiger partial charge on any atom is 0.123 e. The van der Waals surface area contributed by atoms with Crippen LogP contribution in [0.1, 0.15) is 25.5 Å². The number of hydrogen-bond donors (Lipinski definition) is 1. The van der Waals surface area contributed by atoms with Gasteiger partial charge < -0.3 is 19.5 Å². The average Bonchev–Trinajstić information content (AvgIpc) is 2.42. The molecule has 1 N–H and O–H groups in total. The van der Waals surface area contributed by atoms with Crippen molar-refractivity contribution in [2.75, 3.05) is 34.5 Å². The summed E-state index contributed by atoms with van der Waals surface area (Å²) in [5, 5.41) is 3.26. The van der Waals surface area contributed by atoms with Crippen molar-refractivity contribution in [2.45, 2.75) is 19.9 Å². The van der Waals surface area contributed by atoms with E-state index in [0.717, 1.165) is 23.7 Å². The van der Waals surface area contributed by atoms with Crippen LogP contribution in [-0.2, 0) is 4.74 Å². The lowest BCUT2D eigenvalue weighted by Crippen LogP contribution is -2.23. The van der Waals surface area contributed by atoms with Crippen molar-refractivity contribution in [1.29, 1.82) is 0 Å². The molecule has 1 aromatic carbocycles. The number of likely N-dealkylation sites (N-methyl/N-ethyl adjacent to an activating group) is 1. The fraction of sp³-hybridized carbons (Fsp3) is 0.600. The second kappa shape index (κ2) is 8.02. The van der Waals surface area contributed by atoms with Crippen molar-refractivity contribution in [3.8, 4) is 11.5 Å². The summed E-state index contributed by atoms with van der Waals surface area (Å²) in [4.78, 5) is 0. The highest BCUT2D eigenvalue weighted by Gasteiger charge is 2.16. The highest BCUT2D eigenvalue weighted by molar-refractivity contribution is 5.42. The zero-order valence-corrected chi connectivity index (χ0v) is 12.5. The molecule has 1 rings (SSSR count). The van der Waals surface area contributed by atoms with Gasteiger partial charge in [-0.3, -0.25) is 0 Å². The van der Waals surface area contributed by atoms with E-state index in [2.05, 4.69) is 19.2 Å². The molecule has 0 saturated carbocycles. The van der Waals surface area contributed by atoms with Gasteiger partial charge in [0.2, 0.25) is 0 Å². The number of rotatable bonds is 8. The maximum absolute atomic E-state index is 5.72. The minimum Gasteiger partial charge on any atom is -0.497 e. The van der Waals surface area contributed by atoms with Crippen LogP contribution in [-0.4, -0.2) is 34.5 Å². The molecule has 0 bridgehead atoms. The first-order valence-electron chi connectivity index (χ1n) is 6.59. The fourth-order valence-electron chi connectivity index (χ4n) is 1.86. The quantitative estimate of drug-likeness (QED) is 0.786. The van der Waals surface area contributed by atoms with Gasteiger partial charge in [0.25, 0.3) is 0 Å². The molecule has 108 valence electrons. The lowest BCUT2D eigenvalue weighted by molar-refractivity contribution is 0.0912. The molecule has 4 nitrogen and oxygen atoms in total. The van der Waals surface area contributed by atoms with Crippen molar-refractivity contribution in [2.24, 2.45) is 5.92 Å². The van der Waals surface area contributed by atoms with E-state index in [1.54, 1.807) is 14.2 Å². The van der Waals surface area contributed by atoms with Crippen molar-refractivity contribution < 1.29 is 14.2 Å². The first-order chi connectivity index (χ1) is 9.12. The van der Waals surface area contributed by atoms with Crippen LogP contribution in [0.2, 0.25) is 0 Å². The third-order valence-corrected chi connectivity index (χ3v) is 2.90. The lowest BCUT2D eigenvalue weighted by Gasteiger charge is -2.20. The van der Waals surface area contributed by atoms with Crippen LogP contribution in [0, 0.1) is 5.92 Å². The van der Waals surface area contributed by atoms with Crippen LogP contribution in [0.15, 0.2) is 18.2 Å². The standard InChI is InChI=1S/C15H25NO3/c1-11(2)9-19-10-14(16-3)13-8-12(17-4)6-7-15(13)18-5/h6-8,11,14,16H,9-10H2,1-5H3. The Hall–Kier alpha value is -1.26. The highest BCUT2D eigenvalue weighted by Crippen LogP contribution is 2.29. The predicted molar refractivity (Wildman–Crippen MR) is 77.0 cm³/mol. The minimum atomic E-state index is 0.0869. The summed E-state index contributed by atoms with van der Waals surface area (Å²) in [6.07, 6.45) is 0. The smallest absolute Gasteiger partial charge is 0.123 e. The van der Waals surface area contributed by atoms with Crippen LogP contribution in [0.4, 0.5) is 0 Å². The third kappa shape index (κ3) is 4.73. The van der Waals surface area contributed by atoms with Gasteiger partial charge in [-0.25, -0.2) is 0 Å². The van der Waals surface area contributed by atoms with Gasteiger partial charge in [-0.05, 0) is 31.2 Å². The molecular formula is C15H25NO3. The van der Waals surface area contributed by atoms with Crippen molar-refractivity contribution in [3.63, 3.8) is 0 Å². The van der Waals surface area contributed by atoms with Gasteiger partial charge in [0.1, 0.15) is 11.5 Å². The number of ether oxygens (including phenoxy) is 3. The largest absolute Gasteiger partial charge is 0.497 e. The molecule has 4 heteroatoms. The first-order valence-corrected chi connectivity index (χ1v) is 6.59. The third-order valence-electron chi connectivity index (χ3n) is 2.90. The van der Waals surface area contributed by atoms with Crippen molar-refractivity contribution in [3.05, 3.63) is 23.8 Å². The second-order valence-corrected chi connectivity index (χ2v) is 4.88. The van der Waals surface area contributed by atoms with Crippen molar-refractivity contribution in [1.82, 2.24) is 5.32 Å². The van der Waals surface area contributed by atoms with Crippen LogP contribution < -0.4 is 14.8 Å². The lowest BCUT2D eigenvalue weighted by atomic mass is 10.1. The van der Waals surface area contributed by atoms with Gasteiger partial charge in [-0.2, -0.15) is 0 Å². The van der Waals surface area contributed by atoms with E-state index in [-0.39, 0.29) is 6.04 Å². The molecule has 0 aliphatic carbocycles. The predicted octanol–water partition coefficient (Wildman–Crippen LogP) is 2.64. The Morgan fingerprint density at radius 3 is 2.37 bits per heavy atom. The van der Waals surface area contributed by atoms with E-state index in [4.69, 9.17) is 14.2 Å². The molecular weight excluding hydrogens is 242 g/mol. The van der Waals surface area contributed by atoms with Crippen LogP contribution in [0.3, 0.4) is 0 Å². The summed E-state index contributed by atoms with van der Waals surface area (Å²) >= 11 is 0. The van der Waals surface area contributed by atoms with Crippen LogP contribution in [0.5, 0.6) is 11.5 Å². The first kappa shape index (κ1) is 15.8. The molecule has 0 radical (unpaired) electrons. The zero-order valence-electron chi connectivity index (χ0n) is 12.5. The van der Waals surface area contributed by atoms with E-state index in [1.807, 2.05) is 25.2 Å². The van der Waals surface area contributed by atoms with Crippen molar-refractivity contribution >= 4 is 0 Å². The number of benzene rings is 1. The Bertz CT molecular complexity index is 380. The van der Waals surface area contributed by atoms with E-state index in [0.29, 0.717) is 12.5 Å². The molecule has 0 fully saturated rings. The molecule has 0 aliphatic heterocycles. The molecule has 1 unspecified atom stereocenters. The molecule has 0 saturated heterocycles. The highest BCUT2D eigenvalue weighted by atomic mass is 16.5. The topological polar surface area (TPSA) is 39.7 Å². The summed E-state index contributed by atoms with van der Waals surface area (Å²) in [5.41, 5.74) is 1.05. The van der Waals surface area contributed by atoms with E-state index in [1.165, 1.54) is 0 Å². The Balaban J connectivity index is 2.83. The molecule has 0 aromatic heterocycles. The summed E-state index contributed by atoms with van der Waals surface area (Å²) in [6, 6.07) is 5.88. The van der Waals surface area contributed by atoms with Crippen LogP contribution in [0.25, 0.3) is 0 Å². The molecule has 0 amide bonds. The molecule has 0 spiro atoms. The van der Waals surface area contributed by atoms with Gasteiger partial charge in [0, 0.05) is 12.2 Å². The average molecular weight is 267 g/mol. The number of methoxy groups -OCH3 is 2. The SMILES string of the molecule is CNC(COCC(C)C)c1cc(OC)ccc1OC. The molecule has 0 aliphatic rings. The Kier molecular flexibility index (Phi) is 6.67. The summed E-state index contributed by atoms with van der Waals surface area (Å²) in [7, 11) is 5.25. The van der Waals surface area contributed by atoms with E-state index < -0.39 is 0 Å². The van der Waals surface area contributed by atoms with Gasteiger partial charge >= 0.3 is 0 Å². The Morgan fingerprint density at radius 1 is 1.11 bits per heavy atom. The van der Waals surface area contributed by atoms with Crippen LogP contribution >= 0.6 is 0 Å². The normalized spacial score (nSPS) is 12.5. The molecule has 1 atom stereocenters. The fourth-order valence-corrected chi connectivity index (χ4v) is 1.86. The zero-order chi connectivity index (χ0) is 14.3. The summed E-state index contributed by atoms with van der Waals surface area (Å²) in [5.74, 6) is 2.19. The Labute approximate surface area is 116 Å². The number of hydrogen-bond acceptors (Lipinski definition) is 4. The van der Waals surface area contributed by atoms with E-state index >= 15 is 0 Å². The minimum absolute atomic E-state index is 0.0869. The van der Waals surface area contributed by atoms with Gasteiger partial charge in [-0.1, -0.05) is 13.8 Å². The van der Waals surface area contributed by atoms with Gasteiger partial charge in [0.15, 0.2) is 0 Å². The summed E-state index contributed by atoms with van der Waals surface area (Å²) < 4.78 is 16.4. The van der Waals surface area contributed by atoms with Gasteiger partial charge in [0.05, 0.1) is 26.9 Å². The van der Waals surface area contributed by atoms with Gasteiger partial charge in [-0.15, -0.1) is 0 Å². The van der Waals surface area contributed by atoms with E-state index in [9.17, 15) is 0 Å². The summed E-state index contributed by atoms with van der Waals surface area (Å²) in [6.45, 7) is 5.64. The molecule has 1 aromatic rings. The maximum atomic E-state index is 5.72. The number of nitrogens with one attached hydrogen (secondary N) is 1. The monoisotopic (exact) mass is 267 g/mol. The molecule has 0 heterocycles. The second-order valence-electron chi connectivity index (χ2n) is 4.88. The Morgan fingerprint density at radius 2 is 1.84 bits per heavy atom. The molecule has 19 heavy (non-hydrogen) atoms.